The minimum absolute atomic E-state index is 0.320. The molecule has 114 valence electrons. The number of methoxy groups -OCH3 is 1. The number of hydrogen-bond acceptors (Lipinski definition) is 5. The van der Waals surface area contributed by atoms with Gasteiger partial charge < -0.3 is 10.5 Å². The van der Waals surface area contributed by atoms with E-state index in [-0.39, 0.29) is 11.9 Å². The second-order valence-corrected chi connectivity index (χ2v) is 5.16. The summed E-state index contributed by atoms with van der Waals surface area (Å²) >= 11 is 0. The number of rotatable bonds is 4. The van der Waals surface area contributed by atoms with Crippen molar-refractivity contribution in [1.29, 1.82) is 0 Å². The van der Waals surface area contributed by atoms with Gasteiger partial charge in [-0.3, -0.25) is 9.80 Å². The Morgan fingerprint density at radius 1 is 1.36 bits per heavy atom. The first-order chi connectivity index (χ1) is 10.7. The molecule has 1 aliphatic rings. The number of nitrogens with two attached hydrogens (primary N) is 1. The largest absolute Gasteiger partial charge is 0.497 e. The molecule has 1 amide bonds. The molecule has 1 aromatic heterocycles. The second-order valence-electron chi connectivity index (χ2n) is 5.16. The van der Waals surface area contributed by atoms with Crippen molar-refractivity contribution in [3.8, 4) is 16.9 Å². The smallest absolute Gasteiger partial charge is 0.236 e. The van der Waals surface area contributed by atoms with Crippen LogP contribution in [0.3, 0.4) is 0 Å². The van der Waals surface area contributed by atoms with E-state index in [0.29, 0.717) is 13.0 Å². The molecule has 1 fully saturated rings. The highest BCUT2D eigenvalue weighted by atomic mass is 16.5. The highest BCUT2D eigenvalue weighted by Gasteiger charge is 2.26. The summed E-state index contributed by atoms with van der Waals surface area (Å²) in [6.45, 7) is 0.707. The number of hydrazine groups is 1. The first kappa shape index (κ1) is 14.3. The number of pyridine rings is 1. The Morgan fingerprint density at radius 3 is 2.86 bits per heavy atom. The topological polar surface area (TPSA) is 80.5 Å². The number of primary amides is 1. The molecule has 3 N–H and O–H groups in total. The summed E-state index contributed by atoms with van der Waals surface area (Å²) < 4.78 is 5.23. The van der Waals surface area contributed by atoms with Gasteiger partial charge in [0, 0.05) is 18.3 Å². The summed E-state index contributed by atoms with van der Waals surface area (Å²) in [5.74, 6) is 1.25. The number of benzene rings is 1. The summed E-state index contributed by atoms with van der Waals surface area (Å²) in [7, 11) is 1.65. The van der Waals surface area contributed by atoms with Crippen LogP contribution in [0.25, 0.3) is 11.1 Å². The molecule has 2 heterocycles. The van der Waals surface area contributed by atoms with Gasteiger partial charge in [0.15, 0.2) is 0 Å². The molecule has 1 unspecified atom stereocenters. The predicted molar refractivity (Wildman–Crippen MR) is 84.3 cm³/mol. The average Bonchev–Trinajstić information content (AvgIpc) is 3.05. The van der Waals surface area contributed by atoms with Crippen LogP contribution < -0.4 is 20.9 Å². The van der Waals surface area contributed by atoms with E-state index in [0.717, 1.165) is 22.7 Å². The van der Waals surface area contributed by atoms with Crippen LogP contribution >= 0.6 is 0 Å². The molecule has 0 saturated carbocycles. The molecule has 0 bridgehead atoms. The molecule has 3 rings (SSSR count). The minimum atomic E-state index is -0.337. The number of anilines is 1. The van der Waals surface area contributed by atoms with Crippen molar-refractivity contribution in [2.24, 2.45) is 5.73 Å². The Hall–Kier alpha value is -2.60. The summed E-state index contributed by atoms with van der Waals surface area (Å²) in [6.07, 6.45) is 2.50. The maximum absolute atomic E-state index is 11.2. The van der Waals surface area contributed by atoms with Gasteiger partial charge in [0.25, 0.3) is 0 Å². The number of ether oxygens (including phenoxy) is 1. The average molecular weight is 298 g/mol. The first-order valence-corrected chi connectivity index (χ1v) is 7.11. The van der Waals surface area contributed by atoms with Crippen LogP contribution in [0.4, 0.5) is 5.82 Å². The van der Waals surface area contributed by atoms with E-state index in [4.69, 9.17) is 10.5 Å². The zero-order chi connectivity index (χ0) is 15.5. The summed E-state index contributed by atoms with van der Waals surface area (Å²) in [5.41, 5.74) is 10.4. The van der Waals surface area contributed by atoms with E-state index in [1.165, 1.54) is 0 Å². The van der Waals surface area contributed by atoms with E-state index in [2.05, 4.69) is 10.4 Å². The summed E-state index contributed by atoms with van der Waals surface area (Å²) in [4.78, 5) is 15.6. The number of carbonyl (C=O) groups excluding carboxylic acids is 1. The zero-order valence-corrected chi connectivity index (χ0v) is 12.3. The van der Waals surface area contributed by atoms with Crippen LogP contribution in [0, 0.1) is 0 Å². The SMILES string of the molecule is COc1cccc(-c2ccc(N3CCC(C(N)=O)N3)nc2)c1. The van der Waals surface area contributed by atoms with E-state index in [1.807, 2.05) is 47.6 Å². The van der Waals surface area contributed by atoms with E-state index >= 15 is 0 Å². The highest BCUT2D eigenvalue weighted by molar-refractivity contribution is 5.80. The lowest BCUT2D eigenvalue weighted by atomic mass is 10.1. The number of nitrogens with one attached hydrogen (secondary N) is 1. The van der Waals surface area contributed by atoms with Gasteiger partial charge in [-0.25, -0.2) is 10.4 Å². The van der Waals surface area contributed by atoms with E-state index < -0.39 is 0 Å². The van der Waals surface area contributed by atoms with Crippen molar-refractivity contribution in [2.75, 3.05) is 18.7 Å². The fourth-order valence-electron chi connectivity index (χ4n) is 2.48. The zero-order valence-electron chi connectivity index (χ0n) is 12.3. The van der Waals surface area contributed by atoms with E-state index in [9.17, 15) is 4.79 Å². The molecule has 0 aliphatic carbocycles. The molecule has 1 atom stereocenters. The van der Waals surface area contributed by atoms with Crippen LogP contribution in [-0.4, -0.2) is 30.6 Å². The van der Waals surface area contributed by atoms with Gasteiger partial charge in [-0.1, -0.05) is 12.1 Å². The normalized spacial score (nSPS) is 17.5. The number of hydrogen-bond donors (Lipinski definition) is 2. The molecular formula is C16H18N4O2. The number of aromatic nitrogens is 1. The number of amides is 1. The van der Waals surface area contributed by atoms with Crippen LogP contribution in [-0.2, 0) is 4.79 Å². The molecule has 0 spiro atoms. The molecule has 0 radical (unpaired) electrons. The van der Waals surface area contributed by atoms with Crippen LogP contribution in [0.15, 0.2) is 42.6 Å². The predicted octanol–water partition coefficient (Wildman–Crippen LogP) is 1.33. The second kappa shape index (κ2) is 6.03. The van der Waals surface area contributed by atoms with Crippen LogP contribution in [0.5, 0.6) is 5.75 Å². The fourth-order valence-corrected chi connectivity index (χ4v) is 2.48. The van der Waals surface area contributed by atoms with Gasteiger partial charge in [0.05, 0.1) is 7.11 Å². The van der Waals surface area contributed by atoms with Gasteiger partial charge in [0.2, 0.25) is 5.91 Å². The Kier molecular flexibility index (Phi) is 3.93. The molecule has 6 nitrogen and oxygen atoms in total. The lowest BCUT2D eigenvalue weighted by Gasteiger charge is -2.18. The van der Waals surface area contributed by atoms with Crippen molar-refractivity contribution in [2.45, 2.75) is 12.5 Å². The summed E-state index contributed by atoms with van der Waals surface area (Å²) in [5, 5.41) is 1.85. The Balaban J connectivity index is 1.77. The Bertz CT molecular complexity index is 672. The number of nitrogens with zero attached hydrogens (tertiary/aromatic N) is 2. The molecule has 6 heteroatoms. The monoisotopic (exact) mass is 298 g/mol. The van der Waals surface area contributed by atoms with Gasteiger partial charge in [-0.2, -0.15) is 0 Å². The molecule has 1 aliphatic heterocycles. The first-order valence-electron chi connectivity index (χ1n) is 7.11. The Labute approximate surface area is 128 Å². The van der Waals surface area contributed by atoms with Crippen molar-refractivity contribution < 1.29 is 9.53 Å². The van der Waals surface area contributed by atoms with Gasteiger partial charge in [-0.05, 0) is 36.2 Å². The third kappa shape index (κ3) is 2.87. The fraction of sp³-hybridized carbons (Fsp3) is 0.250. The standard InChI is InChI=1S/C16H18N4O2/c1-22-13-4-2-3-11(9-13)12-5-6-15(18-10-12)20-8-7-14(19-20)16(17)21/h2-6,9-10,14,19H,7-8H2,1H3,(H2,17,21). The maximum atomic E-state index is 11.2. The van der Waals surface area contributed by atoms with Gasteiger partial charge in [-0.15, -0.1) is 0 Å². The lowest BCUT2D eigenvalue weighted by Crippen LogP contribution is -2.42. The van der Waals surface area contributed by atoms with Crippen molar-refractivity contribution in [3.63, 3.8) is 0 Å². The highest BCUT2D eigenvalue weighted by Crippen LogP contribution is 2.25. The Morgan fingerprint density at radius 2 is 2.23 bits per heavy atom. The molecule has 1 aromatic carbocycles. The number of carbonyl (C=O) groups is 1. The molecule has 22 heavy (non-hydrogen) atoms. The van der Waals surface area contributed by atoms with Crippen molar-refractivity contribution in [1.82, 2.24) is 10.4 Å². The maximum Gasteiger partial charge on any atom is 0.236 e. The minimum Gasteiger partial charge on any atom is -0.497 e. The van der Waals surface area contributed by atoms with Crippen molar-refractivity contribution in [3.05, 3.63) is 42.6 Å². The third-order valence-corrected chi connectivity index (χ3v) is 3.72. The molecule has 2 aromatic rings. The van der Waals surface area contributed by atoms with Crippen LogP contribution in [0.1, 0.15) is 6.42 Å². The lowest BCUT2D eigenvalue weighted by molar-refractivity contribution is -0.119. The summed E-state index contributed by atoms with van der Waals surface area (Å²) in [6, 6.07) is 11.4. The van der Waals surface area contributed by atoms with E-state index in [1.54, 1.807) is 7.11 Å². The van der Waals surface area contributed by atoms with Gasteiger partial charge in [0.1, 0.15) is 17.6 Å². The molecule has 1 saturated heterocycles. The third-order valence-electron chi connectivity index (χ3n) is 3.72. The molecular weight excluding hydrogens is 280 g/mol. The quantitative estimate of drug-likeness (QED) is 0.890. The van der Waals surface area contributed by atoms with Crippen LogP contribution in [0.2, 0.25) is 0 Å². The van der Waals surface area contributed by atoms with Crippen molar-refractivity contribution >= 4 is 11.7 Å². The van der Waals surface area contributed by atoms with Gasteiger partial charge >= 0.3 is 0 Å².